The van der Waals surface area contributed by atoms with Crippen LogP contribution >= 0.6 is 0 Å². The standard InChI is InChI=1S/C17H19FN2O3/c18-12-5-4-6-13-11(12)9-14(20-13)15(21)19-10-17(16(22)23)7-2-1-3-8-17/h4-6,9,20H,1-3,7-8,10H2,(H,19,21)(H,22,23). The predicted molar refractivity (Wildman–Crippen MR) is 83.7 cm³/mol. The Morgan fingerprint density at radius 2 is 2.00 bits per heavy atom. The summed E-state index contributed by atoms with van der Waals surface area (Å²) in [7, 11) is 0. The SMILES string of the molecule is O=C(NCC1(C(=O)O)CCCCC1)c1cc2c(F)cccc2[nH]1. The van der Waals surface area contributed by atoms with Crippen LogP contribution in [-0.4, -0.2) is 28.5 Å². The Morgan fingerprint density at radius 1 is 1.26 bits per heavy atom. The summed E-state index contributed by atoms with van der Waals surface area (Å²) in [6, 6.07) is 6.04. The highest BCUT2D eigenvalue weighted by Gasteiger charge is 2.39. The Bertz CT molecular complexity index is 747. The minimum atomic E-state index is -0.884. The van der Waals surface area contributed by atoms with Gasteiger partial charge in [-0.1, -0.05) is 25.3 Å². The molecule has 5 nitrogen and oxygen atoms in total. The van der Waals surface area contributed by atoms with E-state index in [1.807, 2.05) is 0 Å². The Labute approximate surface area is 132 Å². The molecule has 0 bridgehead atoms. The number of nitrogens with one attached hydrogen (secondary N) is 2. The van der Waals surface area contributed by atoms with E-state index in [4.69, 9.17) is 0 Å². The minimum Gasteiger partial charge on any atom is -0.481 e. The number of carboxylic acid groups (broad SMARTS) is 1. The molecule has 3 rings (SSSR count). The molecule has 1 heterocycles. The summed E-state index contributed by atoms with van der Waals surface area (Å²) in [6.45, 7) is 0.0962. The van der Waals surface area contributed by atoms with E-state index in [1.54, 1.807) is 12.1 Å². The van der Waals surface area contributed by atoms with E-state index < -0.39 is 23.1 Å². The topological polar surface area (TPSA) is 82.2 Å². The van der Waals surface area contributed by atoms with E-state index in [1.165, 1.54) is 12.1 Å². The number of carboxylic acids is 1. The number of carbonyl (C=O) groups is 2. The summed E-state index contributed by atoms with van der Waals surface area (Å²) in [6.07, 6.45) is 3.90. The molecular weight excluding hydrogens is 299 g/mol. The van der Waals surface area contributed by atoms with Gasteiger partial charge in [0.05, 0.1) is 5.41 Å². The number of amides is 1. The van der Waals surface area contributed by atoms with E-state index in [0.717, 1.165) is 19.3 Å². The van der Waals surface area contributed by atoms with Gasteiger partial charge in [0.1, 0.15) is 11.5 Å². The molecule has 23 heavy (non-hydrogen) atoms. The van der Waals surface area contributed by atoms with Crippen LogP contribution in [0.25, 0.3) is 10.9 Å². The van der Waals surface area contributed by atoms with Gasteiger partial charge in [-0.2, -0.15) is 0 Å². The van der Waals surface area contributed by atoms with Crippen molar-refractivity contribution >= 4 is 22.8 Å². The second-order valence-corrected chi connectivity index (χ2v) is 6.21. The highest BCUT2D eigenvalue weighted by molar-refractivity contribution is 5.98. The van der Waals surface area contributed by atoms with Crippen LogP contribution in [0.1, 0.15) is 42.6 Å². The van der Waals surface area contributed by atoms with E-state index >= 15 is 0 Å². The molecular formula is C17H19FN2O3. The molecule has 1 fully saturated rings. The third-order valence-corrected chi connectivity index (χ3v) is 4.71. The number of fused-ring (bicyclic) bond motifs is 1. The van der Waals surface area contributed by atoms with E-state index in [9.17, 15) is 19.1 Å². The monoisotopic (exact) mass is 318 g/mol. The average Bonchev–Trinajstić information content (AvgIpc) is 2.99. The van der Waals surface area contributed by atoms with Gasteiger partial charge >= 0.3 is 5.97 Å². The molecule has 2 aromatic rings. The number of benzene rings is 1. The Balaban J connectivity index is 1.75. The van der Waals surface area contributed by atoms with Crippen molar-refractivity contribution in [3.63, 3.8) is 0 Å². The molecule has 1 amide bonds. The quantitative estimate of drug-likeness (QED) is 0.810. The first-order valence-corrected chi connectivity index (χ1v) is 7.81. The van der Waals surface area contributed by atoms with Crippen molar-refractivity contribution in [3.8, 4) is 0 Å². The number of halogens is 1. The van der Waals surface area contributed by atoms with Crippen LogP contribution in [0.4, 0.5) is 4.39 Å². The molecule has 0 radical (unpaired) electrons. The van der Waals surface area contributed by atoms with Crippen molar-refractivity contribution in [2.75, 3.05) is 6.54 Å². The maximum atomic E-state index is 13.7. The maximum Gasteiger partial charge on any atom is 0.311 e. The number of carbonyl (C=O) groups excluding carboxylic acids is 1. The van der Waals surface area contributed by atoms with Crippen LogP contribution in [0.2, 0.25) is 0 Å². The van der Waals surface area contributed by atoms with Crippen LogP contribution in [0.3, 0.4) is 0 Å². The van der Waals surface area contributed by atoms with Gasteiger partial charge in [0, 0.05) is 17.4 Å². The van der Waals surface area contributed by atoms with Crippen LogP contribution in [0, 0.1) is 11.2 Å². The smallest absolute Gasteiger partial charge is 0.311 e. The summed E-state index contributed by atoms with van der Waals surface area (Å²) < 4.78 is 13.7. The zero-order chi connectivity index (χ0) is 16.4. The van der Waals surface area contributed by atoms with Gasteiger partial charge in [0.15, 0.2) is 0 Å². The zero-order valence-electron chi connectivity index (χ0n) is 12.7. The molecule has 1 aromatic carbocycles. The lowest BCUT2D eigenvalue weighted by atomic mass is 9.74. The lowest BCUT2D eigenvalue weighted by molar-refractivity contribution is -0.150. The number of rotatable bonds is 4. The van der Waals surface area contributed by atoms with E-state index in [2.05, 4.69) is 10.3 Å². The third-order valence-electron chi connectivity index (χ3n) is 4.71. The summed E-state index contributed by atoms with van der Waals surface area (Å²) in [4.78, 5) is 26.7. The second kappa shape index (κ2) is 6.02. The van der Waals surface area contributed by atoms with Gasteiger partial charge in [0.25, 0.3) is 5.91 Å². The van der Waals surface area contributed by atoms with Crippen LogP contribution < -0.4 is 5.32 Å². The average molecular weight is 318 g/mol. The molecule has 1 saturated carbocycles. The molecule has 0 saturated heterocycles. The number of aromatic amines is 1. The lowest BCUT2D eigenvalue weighted by Crippen LogP contribution is -2.44. The molecule has 122 valence electrons. The number of hydrogen-bond acceptors (Lipinski definition) is 2. The molecule has 0 unspecified atom stereocenters. The molecule has 6 heteroatoms. The first-order chi connectivity index (χ1) is 11.0. The Kier molecular flexibility index (Phi) is 4.07. The lowest BCUT2D eigenvalue weighted by Gasteiger charge is -2.33. The fourth-order valence-electron chi connectivity index (χ4n) is 3.28. The molecule has 1 aliphatic carbocycles. The van der Waals surface area contributed by atoms with Crippen molar-refractivity contribution < 1.29 is 19.1 Å². The first-order valence-electron chi connectivity index (χ1n) is 7.81. The van der Waals surface area contributed by atoms with Crippen molar-refractivity contribution in [1.29, 1.82) is 0 Å². The summed E-state index contributed by atoms with van der Waals surface area (Å²) >= 11 is 0. The summed E-state index contributed by atoms with van der Waals surface area (Å²) in [5.74, 6) is -1.67. The Morgan fingerprint density at radius 3 is 2.65 bits per heavy atom. The van der Waals surface area contributed by atoms with E-state index in [0.29, 0.717) is 23.7 Å². The van der Waals surface area contributed by atoms with Crippen molar-refractivity contribution in [2.45, 2.75) is 32.1 Å². The van der Waals surface area contributed by atoms with Crippen molar-refractivity contribution in [3.05, 3.63) is 35.8 Å². The molecule has 0 aliphatic heterocycles. The zero-order valence-corrected chi connectivity index (χ0v) is 12.7. The predicted octanol–water partition coefficient (Wildman–Crippen LogP) is 3.07. The van der Waals surface area contributed by atoms with Crippen LogP contribution in [0.15, 0.2) is 24.3 Å². The largest absolute Gasteiger partial charge is 0.481 e. The number of aliphatic carboxylic acids is 1. The summed E-state index contributed by atoms with van der Waals surface area (Å²) in [5.41, 5.74) is -0.104. The molecule has 1 aliphatic rings. The Hall–Kier alpha value is -2.37. The normalized spacial score (nSPS) is 17.1. The first kappa shape index (κ1) is 15.5. The third kappa shape index (κ3) is 2.93. The molecule has 0 atom stereocenters. The molecule has 0 spiro atoms. The highest BCUT2D eigenvalue weighted by atomic mass is 19.1. The van der Waals surface area contributed by atoms with Gasteiger partial charge < -0.3 is 15.4 Å². The highest BCUT2D eigenvalue weighted by Crippen LogP contribution is 2.36. The van der Waals surface area contributed by atoms with Gasteiger partial charge in [-0.05, 0) is 31.0 Å². The fraction of sp³-hybridized carbons (Fsp3) is 0.412. The molecule has 3 N–H and O–H groups in total. The van der Waals surface area contributed by atoms with Crippen LogP contribution in [-0.2, 0) is 4.79 Å². The van der Waals surface area contributed by atoms with E-state index in [-0.39, 0.29) is 12.2 Å². The number of H-pyrrole nitrogens is 1. The molecule has 1 aromatic heterocycles. The van der Waals surface area contributed by atoms with Crippen LogP contribution in [0.5, 0.6) is 0 Å². The second-order valence-electron chi connectivity index (χ2n) is 6.21. The summed E-state index contributed by atoms with van der Waals surface area (Å²) in [5, 5.41) is 12.6. The maximum absolute atomic E-state index is 13.7. The minimum absolute atomic E-state index is 0.0962. The number of hydrogen-bond donors (Lipinski definition) is 3. The van der Waals surface area contributed by atoms with Gasteiger partial charge in [-0.3, -0.25) is 9.59 Å². The number of aromatic nitrogens is 1. The van der Waals surface area contributed by atoms with Gasteiger partial charge in [-0.25, -0.2) is 4.39 Å². The van der Waals surface area contributed by atoms with Crippen molar-refractivity contribution in [1.82, 2.24) is 10.3 Å². The van der Waals surface area contributed by atoms with Gasteiger partial charge in [0.2, 0.25) is 0 Å². The van der Waals surface area contributed by atoms with Crippen molar-refractivity contribution in [2.24, 2.45) is 5.41 Å². The van der Waals surface area contributed by atoms with Gasteiger partial charge in [-0.15, -0.1) is 0 Å². The fourth-order valence-corrected chi connectivity index (χ4v) is 3.28.